The van der Waals surface area contributed by atoms with E-state index in [2.05, 4.69) is 10.9 Å². The maximum Gasteiger partial charge on any atom is 0.279 e. The summed E-state index contributed by atoms with van der Waals surface area (Å²) in [6.45, 7) is 1.61. The summed E-state index contributed by atoms with van der Waals surface area (Å²) in [6.07, 6.45) is -0.719. The summed E-state index contributed by atoms with van der Waals surface area (Å²) < 4.78 is 5.45. The number of ether oxygens (including phenoxy) is 1. The smallest absolute Gasteiger partial charge is 0.279 e. The van der Waals surface area contributed by atoms with Gasteiger partial charge in [-0.3, -0.25) is 20.4 Å². The topological polar surface area (TPSA) is 67.4 Å². The third-order valence-corrected chi connectivity index (χ3v) is 2.76. The van der Waals surface area contributed by atoms with Crippen LogP contribution in [0.1, 0.15) is 17.3 Å². The van der Waals surface area contributed by atoms with Gasteiger partial charge < -0.3 is 4.74 Å². The van der Waals surface area contributed by atoms with Crippen molar-refractivity contribution in [2.45, 2.75) is 13.0 Å². The van der Waals surface area contributed by atoms with E-state index < -0.39 is 12.0 Å². The Labute approximate surface area is 122 Å². The van der Waals surface area contributed by atoms with Crippen molar-refractivity contribution in [2.75, 3.05) is 0 Å². The van der Waals surface area contributed by atoms with Crippen molar-refractivity contribution in [2.24, 2.45) is 0 Å². The maximum atomic E-state index is 11.8. The molecule has 2 aromatic carbocycles. The van der Waals surface area contributed by atoms with Crippen molar-refractivity contribution in [3.8, 4) is 5.75 Å². The standard InChI is InChI=1S/C16H16N2O3/c1-12(21-14-10-6-3-7-11-14)15(19)17-18-16(20)13-8-4-2-5-9-13/h2-12H,1H3,(H,17,19)(H,18,20). The molecule has 2 N–H and O–H groups in total. The van der Waals surface area contributed by atoms with Crippen molar-refractivity contribution in [3.63, 3.8) is 0 Å². The lowest BCUT2D eigenvalue weighted by molar-refractivity contribution is -0.128. The monoisotopic (exact) mass is 284 g/mol. The first-order valence-corrected chi connectivity index (χ1v) is 6.54. The summed E-state index contributed by atoms with van der Waals surface area (Å²) in [5, 5.41) is 0. The maximum absolute atomic E-state index is 11.8. The average molecular weight is 284 g/mol. The van der Waals surface area contributed by atoms with E-state index in [1.54, 1.807) is 43.3 Å². The normalized spacial score (nSPS) is 11.3. The summed E-state index contributed by atoms with van der Waals surface area (Å²) >= 11 is 0. The molecule has 0 aromatic heterocycles. The Kier molecular flexibility index (Phi) is 4.93. The number of carbonyl (C=O) groups is 2. The molecule has 0 radical (unpaired) electrons. The quantitative estimate of drug-likeness (QED) is 0.843. The van der Waals surface area contributed by atoms with Gasteiger partial charge in [-0.25, -0.2) is 0 Å². The highest BCUT2D eigenvalue weighted by atomic mass is 16.5. The Bertz CT molecular complexity index is 599. The Morgan fingerprint density at radius 2 is 1.48 bits per heavy atom. The molecule has 0 aliphatic rings. The van der Waals surface area contributed by atoms with Crippen LogP contribution in [0.2, 0.25) is 0 Å². The number of para-hydroxylation sites is 1. The van der Waals surface area contributed by atoms with Crippen LogP contribution < -0.4 is 15.6 Å². The molecule has 1 unspecified atom stereocenters. The molecular weight excluding hydrogens is 268 g/mol. The van der Waals surface area contributed by atoms with Gasteiger partial charge in [0.2, 0.25) is 0 Å². The Balaban J connectivity index is 1.83. The first kappa shape index (κ1) is 14.6. The fraction of sp³-hybridized carbons (Fsp3) is 0.125. The minimum atomic E-state index is -0.719. The van der Waals surface area contributed by atoms with E-state index in [1.165, 1.54) is 0 Å². The van der Waals surface area contributed by atoms with E-state index in [0.717, 1.165) is 0 Å². The molecule has 0 saturated heterocycles. The molecule has 5 heteroatoms. The van der Waals surface area contributed by atoms with Gasteiger partial charge in [0.1, 0.15) is 5.75 Å². The highest BCUT2D eigenvalue weighted by molar-refractivity contribution is 5.95. The highest BCUT2D eigenvalue weighted by Crippen LogP contribution is 2.10. The molecule has 2 rings (SSSR count). The fourth-order valence-electron chi connectivity index (χ4n) is 1.64. The zero-order chi connectivity index (χ0) is 15.1. The first-order chi connectivity index (χ1) is 10.2. The van der Waals surface area contributed by atoms with Crippen molar-refractivity contribution < 1.29 is 14.3 Å². The number of amides is 2. The number of hydrogen-bond acceptors (Lipinski definition) is 3. The van der Waals surface area contributed by atoms with E-state index in [9.17, 15) is 9.59 Å². The van der Waals surface area contributed by atoms with Crippen LogP contribution in [0, 0.1) is 0 Å². The van der Waals surface area contributed by atoms with Gasteiger partial charge in [-0.05, 0) is 31.2 Å². The van der Waals surface area contributed by atoms with Crippen LogP contribution in [0.5, 0.6) is 5.75 Å². The largest absolute Gasteiger partial charge is 0.481 e. The lowest BCUT2D eigenvalue weighted by Gasteiger charge is -2.15. The van der Waals surface area contributed by atoms with Crippen molar-refractivity contribution in [1.82, 2.24) is 10.9 Å². The van der Waals surface area contributed by atoms with Gasteiger partial charge in [0.25, 0.3) is 11.8 Å². The second-order valence-corrected chi connectivity index (χ2v) is 4.38. The Morgan fingerprint density at radius 1 is 0.905 bits per heavy atom. The zero-order valence-electron chi connectivity index (χ0n) is 11.6. The molecule has 0 spiro atoms. The van der Waals surface area contributed by atoms with Crippen molar-refractivity contribution in [3.05, 3.63) is 66.2 Å². The number of carbonyl (C=O) groups excluding carboxylic acids is 2. The summed E-state index contributed by atoms with van der Waals surface area (Å²) in [5.41, 5.74) is 5.15. The second kappa shape index (κ2) is 7.09. The fourth-order valence-corrected chi connectivity index (χ4v) is 1.64. The lowest BCUT2D eigenvalue weighted by atomic mass is 10.2. The minimum absolute atomic E-state index is 0.379. The predicted octanol–water partition coefficient (Wildman–Crippen LogP) is 1.92. The van der Waals surface area contributed by atoms with Gasteiger partial charge in [0.05, 0.1) is 0 Å². The molecule has 0 saturated carbocycles. The molecule has 0 heterocycles. The highest BCUT2D eigenvalue weighted by Gasteiger charge is 2.15. The van der Waals surface area contributed by atoms with E-state index in [-0.39, 0.29) is 5.91 Å². The third-order valence-electron chi connectivity index (χ3n) is 2.76. The summed E-state index contributed by atoms with van der Waals surface area (Å²) in [5.74, 6) is -0.214. The van der Waals surface area contributed by atoms with Crippen molar-refractivity contribution >= 4 is 11.8 Å². The Hall–Kier alpha value is -2.82. The first-order valence-electron chi connectivity index (χ1n) is 6.54. The van der Waals surface area contributed by atoms with Gasteiger partial charge in [0.15, 0.2) is 6.10 Å². The molecule has 0 aliphatic carbocycles. The van der Waals surface area contributed by atoms with Crippen molar-refractivity contribution in [1.29, 1.82) is 0 Å². The molecule has 0 fully saturated rings. The molecule has 0 bridgehead atoms. The number of nitrogens with one attached hydrogen (secondary N) is 2. The van der Waals surface area contributed by atoms with E-state index in [0.29, 0.717) is 11.3 Å². The van der Waals surface area contributed by atoms with Crippen LogP contribution >= 0.6 is 0 Å². The zero-order valence-corrected chi connectivity index (χ0v) is 11.6. The number of hydrazine groups is 1. The van der Waals surface area contributed by atoms with Crippen LogP contribution in [0.3, 0.4) is 0 Å². The molecular formula is C16H16N2O3. The lowest BCUT2D eigenvalue weighted by Crippen LogP contribution is -2.47. The van der Waals surface area contributed by atoms with Crippen LogP contribution in [0.4, 0.5) is 0 Å². The van der Waals surface area contributed by atoms with Gasteiger partial charge in [0, 0.05) is 5.56 Å². The van der Waals surface area contributed by atoms with Gasteiger partial charge in [-0.1, -0.05) is 36.4 Å². The Morgan fingerprint density at radius 3 is 2.10 bits per heavy atom. The van der Waals surface area contributed by atoms with Crippen LogP contribution in [-0.2, 0) is 4.79 Å². The average Bonchev–Trinajstić information content (AvgIpc) is 2.54. The summed E-state index contributed by atoms with van der Waals surface area (Å²) in [4.78, 5) is 23.6. The molecule has 2 aromatic rings. The van der Waals surface area contributed by atoms with Crippen LogP contribution in [0.15, 0.2) is 60.7 Å². The number of rotatable bonds is 4. The summed E-state index contributed by atoms with van der Waals surface area (Å²) in [7, 11) is 0. The molecule has 0 aliphatic heterocycles. The molecule has 5 nitrogen and oxygen atoms in total. The molecule has 108 valence electrons. The molecule has 1 atom stereocenters. The number of hydrogen-bond donors (Lipinski definition) is 2. The van der Waals surface area contributed by atoms with Gasteiger partial charge in [-0.2, -0.15) is 0 Å². The van der Waals surface area contributed by atoms with Gasteiger partial charge >= 0.3 is 0 Å². The second-order valence-electron chi connectivity index (χ2n) is 4.38. The van der Waals surface area contributed by atoms with E-state index in [4.69, 9.17) is 4.74 Å². The minimum Gasteiger partial charge on any atom is -0.481 e. The van der Waals surface area contributed by atoms with E-state index >= 15 is 0 Å². The summed E-state index contributed by atoms with van der Waals surface area (Å²) in [6, 6.07) is 17.6. The number of benzene rings is 2. The SMILES string of the molecule is CC(Oc1ccccc1)C(=O)NNC(=O)c1ccccc1. The van der Waals surface area contributed by atoms with Gasteiger partial charge in [-0.15, -0.1) is 0 Å². The van der Waals surface area contributed by atoms with E-state index in [1.807, 2.05) is 24.3 Å². The molecule has 2 amide bonds. The molecule has 21 heavy (non-hydrogen) atoms. The predicted molar refractivity (Wildman–Crippen MR) is 78.6 cm³/mol. The third kappa shape index (κ3) is 4.35. The van der Waals surface area contributed by atoms with Crippen LogP contribution in [-0.4, -0.2) is 17.9 Å². The van der Waals surface area contributed by atoms with Crippen LogP contribution in [0.25, 0.3) is 0 Å².